The van der Waals surface area contributed by atoms with Gasteiger partial charge < -0.3 is 23.4 Å². The number of furan rings is 1. The molecule has 0 saturated carbocycles. The van der Waals surface area contributed by atoms with E-state index in [1.165, 1.54) is 16.9 Å². The molecule has 206 valence electrons. The summed E-state index contributed by atoms with van der Waals surface area (Å²) in [5.74, 6) is 2.70. The highest BCUT2D eigenvalue weighted by Crippen LogP contribution is 2.37. The van der Waals surface area contributed by atoms with E-state index in [0.717, 1.165) is 27.2 Å². The second-order valence-electron chi connectivity index (χ2n) is 8.72. The lowest BCUT2D eigenvalue weighted by Gasteiger charge is -2.12. The Morgan fingerprint density at radius 2 is 1.73 bits per heavy atom. The minimum atomic E-state index is 0.355. The molecule has 0 saturated heterocycles. The first-order chi connectivity index (χ1) is 19.6. The number of imidazole rings is 1. The summed E-state index contributed by atoms with van der Waals surface area (Å²) in [7, 11) is 3.20. The van der Waals surface area contributed by atoms with Crippen LogP contribution in [0, 0.1) is 6.92 Å². The third-order valence-corrected chi connectivity index (χ3v) is 7.09. The standard InChI is InChI=1S/C29H25N3O5S.C2H6/c1-18-7-4-5-9-20(18)17-35-21-10-6-8-19(11-21)16-36-25-12-22(33-2)13-26-23(25)14-27(37-26)24-15-32-28(30-24)38-29(31-32)34-3;1-2/h4-15H,16-17H2,1-3H3;1-2H3. The number of fused-ring (bicyclic) bond motifs is 2. The summed E-state index contributed by atoms with van der Waals surface area (Å²) in [6.07, 6.45) is 1.81. The molecule has 0 aliphatic heterocycles. The van der Waals surface area contributed by atoms with Crippen LogP contribution in [-0.4, -0.2) is 28.8 Å². The van der Waals surface area contributed by atoms with Gasteiger partial charge in [0.1, 0.15) is 41.7 Å². The predicted molar refractivity (Wildman–Crippen MR) is 157 cm³/mol. The Hall–Kier alpha value is -4.50. The van der Waals surface area contributed by atoms with Crippen molar-refractivity contribution < 1.29 is 23.4 Å². The molecular formula is C31H31N3O5S. The lowest BCUT2D eigenvalue weighted by molar-refractivity contribution is 0.296. The fourth-order valence-electron chi connectivity index (χ4n) is 4.15. The molecule has 0 bridgehead atoms. The van der Waals surface area contributed by atoms with E-state index in [0.29, 0.717) is 46.9 Å². The number of hydrogen-bond donors (Lipinski definition) is 0. The predicted octanol–water partition coefficient (Wildman–Crippen LogP) is 7.71. The van der Waals surface area contributed by atoms with Gasteiger partial charge in [0.2, 0.25) is 4.96 Å². The van der Waals surface area contributed by atoms with Crippen molar-refractivity contribution in [2.45, 2.75) is 34.0 Å². The topological polar surface area (TPSA) is 80.2 Å². The molecule has 3 heterocycles. The van der Waals surface area contributed by atoms with Crippen molar-refractivity contribution in [3.8, 4) is 33.9 Å². The van der Waals surface area contributed by atoms with E-state index in [1.54, 1.807) is 18.7 Å². The molecule has 6 aromatic rings. The van der Waals surface area contributed by atoms with Crippen LogP contribution < -0.4 is 18.9 Å². The van der Waals surface area contributed by atoms with Crippen molar-refractivity contribution in [1.29, 1.82) is 0 Å². The Kier molecular flexibility index (Phi) is 8.21. The molecular weight excluding hydrogens is 526 g/mol. The van der Waals surface area contributed by atoms with E-state index in [9.17, 15) is 0 Å². The normalized spacial score (nSPS) is 10.8. The zero-order valence-electron chi connectivity index (χ0n) is 23.1. The smallest absolute Gasteiger partial charge is 0.294 e. The number of ether oxygens (including phenoxy) is 4. The molecule has 0 spiro atoms. The Balaban J connectivity index is 0.00000158. The van der Waals surface area contributed by atoms with Crippen molar-refractivity contribution in [2.75, 3.05) is 14.2 Å². The first kappa shape index (κ1) is 27.1. The minimum Gasteiger partial charge on any atom is -0.496 e. The SMILES string of the molecule is CC.COc1cc(OCc2cccc(OCc3ccccc3C)c2)c2cc(-c3cn4nc(OC)sc4n3)oc2c1. The average molecular weight is 558 g/mol. The van der Waals surface area contributed by atoms with Crippen LogP contribution in [0.2, 0.25) is 0 Å². The number of aromatic nitrogens is 3. The van der Waals surface area contributed by atoms with Gasteiger partial charge in [-0.3, -0.25) is 0 Å². The fourth-order valence-corrected chi connectivity index (χ4v) is 4.85. The maximum atomic E-state index is 6.26. The van der Waals surface area contributed by atoms with Crippen molar-refractivity contribution in [1.82, 2.24) is 14.6 Å². The highest BCUT2D eigenvalue weighted by molar-refractivity contribution is 7.18. The van der Waals surface area contributed by atoms with E-state index >= 15 is 0 Å². The van der Waals surface area contributed by atoms with Gasteiger partial charge in [0.25, 0.3) is 5.19 Å². The molecule has 0 N–H and O–H groups in total. The Bertz CT molecular complexity index is 1700. The van der Waals surface area contributed by atoms with Gasteiger partial charge in [0.15, 0.2) is 5.76 Å². The van der Waals surface area contributed by atoms with Crippen LogP contribution in [0.3, 0.4) is 0 Å². The maximum Gasteiger partial charge on any atom is 0.294 e. The monoisotopic (exact) mass is 557 g/mol. The van der Waals surface area contributed by atoms with Crippen LogP contribution in [-0.2, 0) is 13.2 Å². The minimum absolute atomic E-state index is 0.355. The number of nitrogens with zero attached hydrogens (tertiary/aromatic N) is 3. The van der Waals surface area contributed by atoms with Crippen LogP contribution in [0.4, 0.5) is 0 Å². The van der Waals surface area contributed by atoms with E-state index < -0.39 is 0 Å². The molecule has 40 heavy (non-hydrogen) atoms. The molecule has 0 fully saturated rings. The summed E-state index contributed by atoms with van der Waals surface area (Å²) in [6, 6.07) is 21.8. The van der Waals surface area contributed by atoms with Crippen molar-refractivity contribution in [2.24, 2.45) is 0 Å². The summed E-state index contributed by atoms with van der Waals surface area (Å²) in [5.41, 5.74) is 4.68. The van der Waals surface area contributed by atoms with Crippen LogP contribution in [0.5, 0.6) is 22.4 Å². The van der Waals surface area contributed by atoms with E-state index in [2.05, 4.69) is 29.1 Å². The molecule has 0 amide bonds. The van der Waals surface area contributed by atoms with Crippen molar-refractivity contribution in [3.63, 3.8) is 0 Å². The van der Waals surface area contributed by atoms with Crippen molar-refractivity contribution >= 4 is 27.3 Å². The van der Waals surface area contributed by atoms with E-state index in [4.69, 9.17) is 23.4 Å². The largest absolute Gasteiger partial charge is 0.496 e. The Morgan fingerprint density at radius 3 is 2.50 bits per heavy atom. The van der Waals surface area contributed by atoms with Gasteiger partial charge in [-0.2, -0.15) is 0 Å². The molecule has 0 radical (unpaired) electrons. The highest BCUT2D eigenvalue weighted by atomic mass is 32.1. The number of benzene rings is 3. The van der Waals surface area contributed by atoms with Gasteiger partial charge in [-0.15, -0.1) is 5.10 Å². The average Bonchev–Trinajstić information content (AvgIpc) is 3.70. The van der Waals surface area contributed by atoms with E-state index in [1.807, 2.05) is 74.6 Å². The molecule has 6 rings (SSSR count). The van der Waals surface area contributed by atoms with E-state index in [-0.39, 0.29) is 0 Å². The van der Waals surface area contributed by atoms with Crippen LogP contribution in [0.25, 0.3) is 27.4 Å². The summed E-state index contributed by atoms with van der Waals surface area (Å²) in [4.78, 5) is 5.34. The molecule has 3 aromatic carbocycles. The fraction of sp³-hybridized carbons (Fsp3) is 0.226. The van der Waals surface area contributed by atoms with Gasteiger partial charge in [-0.25, -0.2) is 9.50 Å². The molecule has 9 heteroatoms. The number of hydrogen-bond acceptors (Lipinski definition) is 8. The van der Waals surface area contributed by atoms with Gasteiger partial charge in [0, 0.05) is 12.1 Å². The maximum absolute atomic E-state index is 6.26. The summed E-state index contributed by atoms with van der Waals surface area (Å²) >= 11 is 1.36. The summed E-state index contributed by atoms with van der Waals surface area (Å²) < 4.78 is 30.8. The van der Waals surface area contributed by atoms with Crippen LogP contribution >= 0.6 is 11.3 Å². The van der Waals surface area contributed by atoms with Gasteiger partial charge >= 0.3 is 0 Å². The third kappa shape index (κ3) is 5.74. The summed E-state index contributed by atoms with van der Waals surface area (Å²) in [5, 5.41) is 5.71. The van der Waals surface area contributed by atoms with Gasteiger partial charge in [-0.1, -0.05) is 50.2 Å². The Morgan fingerprint density at radius 1 is 0.875 bits per heavy atom. The zero-order chi connectivity index (χ0) is 28.1. The third-order valence-electron chi connectivity index (χ3n) is 6.21. The van der Waals surface area contributed by atoms with Crippen molar-refractivity contribution in [3.05, 3.63) is 89.6 Å². The number of methoxy groups -OCH3 is 2. The molecule has 0 aliphatic carbocycles. The lowest BCUT2D eigenvalue weighted by Crippen LogP contribution is -2.00. The van der Waals surface area contributed by atoms with Crippen LogP contribution in [0.15, 0.2) is 77.3 Å². The number of aryl methyl sites for hydroxylation is 1. The molecule has 0 atom stereocenters. The molecule has 8 nitrogen and oxygen atoms in total. The molecule has 0 unspecified atom stereocenters. The number of rotatable bonds is 9. The lowest BCUT2D eigenvalue weighted by atomic mass is 10.1. The van der Waals surface area contributed by atoms with Crippen LogP contribution in [0.1, 0.15) is 30.5 Å². The van der Waals surface area contributed by atoms with Gasteiger partial charge in [0.05, 0.1) is 25.8 Å². The first-order valence-electron chi connectivity index (χ1n) is 13.0. The summed E-state index contributed by atoms with van der Waals surface area (Å²) in [6.45, 7) is 6.95. The Labute approximate surface area is 236 Å². The molecule has 0 aliphatic rings. The second kappa shape index (κ2) is 12.1. The second-order valence-corrected chi connectivity index (χ2v) is 9.64. The molecule has 3 aromatic heterocycles. The quantitative estimate of drug-likeness (QED) is 0.180. The highest BCUT2D eigenvalue weighted by Gasteiger charge is 2.17. The first-order valence-corrected chi connectivity index (χ1v) is 13.8. The van der Waals surface area contributed by atoms with Gasteiger partial charge in [-0.05, 0) is 53.1 Å². The zero-order valence-corrected chi connectivity index (χ0v) is 24.0.